The van der Waals surface area contributed by atoms with Gasteiger partial charge in [-0.15, -0.1) is 0 Å². The molecule has 1 fully saturated rings. The van der Waals surface area contributed by atoms with Crippen LogP contribution in [0.1, 0.15) is 38.7 Å². The van der Waals surface area contributed by atoms with Gasteiger partial charge in [0, 0.05) is 29.2 Å². The Morgan fingerprint density at radius 3 is 2.70 bits per heavy atom. The molecule has 0 heterocycles. The molecule has 3 nitrogen and oxygen atoms in total. The fraction of sp³-hybridized carbons (Fsp3) is 0.625. The molecule has 112 valence electrons. The highest BCUT2D eigenvalue weighted by atomic mass is 35.5. The fourth-order valence-electron chi connectivity index (χ4n) is 2.12. The summed E-state index contributed by atoms with van der Waals surface area (Å²) in [7, 11) is 1.65. The van der Waals surface area contributed by atoms with E-state index in [-0.39, 0.29) is 0 Å². The Bertz CT molecular complexity index is 444. The van der Waals surface area contributed by atoms with Crippen molar-refractivity contribution in [1.29, 1.82) is 0 Å². The molecule has 0 atom stereocenters. The first-order valence-electron chi connectivity index (χ1n) is 7.32. The van der Waals surface area contributed by atoms with Gasteiger partial charge in [0.15, 0.2) is 11.5 Å². The minimum absolute atomic E-state index is 0.416. The molecule has 1 aromatic carbocycles. The van der Waals surface area contributed by atoms with Crippen molar-refractivity contribution in [2.75, 3.05) is 13.7 Å². The van der Waals surface area contributed by atoms with Crippen molar-refractivity contribution in [1.82, 2.24) is 5.32 Å². The Labute approximate surface area is 126 Å². The zero-order chi connectivity index (χ0) is 14.5. The molecule has 20 heavy (non-hydrogen) atoms. The Morgan fingerprint density at radius 2 is 2.10 bits per heavy atom. The van der Waals surface area contributed by atoms with Gasteiger partial charge in [0.05, 0.1) is 13.7 Å². The van der Waals surface area contributed by atoms with Crippen LogP contribution in [0.25, 0.3) is 0 Å². The zero-order valence-electron chi connectivity index (χ0n) is 12.5. The number of ether oxygens (including phenoxy) is 2. The first-order chi connectivity index (χ1) is 9.60. The SMILES string of the molecule is COc1cc(Cl)cc(CNC(C)C)c1OCCC1CC1. The normalized spacial score (nSPS) is 14.7. The molecule has 4 heteroatoms. The van der Waals surface area contributed by atoms with Crippen molar-refractivity contribution < 1.29 is 9.47 Å². The Hall–Kier alpha value is -0.930. The minimum Gasteiger partial charge on any atom is -0.493 e. The monoisotopic (exact) mass is 297 g/mol. The van der Waals surface area contributed by atoms with Crippen LogP contribution in [0.15, 0.2) is 12.1 Å². The number of nitrogens with one attached hydrogen (secondary N) is 1. The van der Waals surface area contributed by atoms with Crippen molar-refractivity contribution in [3.63, 3.8) is 0 Å². The molecule has 1 aliphatic rings. The van der Waals surface area contributed by atoms with E-state index in [1.165, 1.54) is 12.8 Å². The maximum atomic E-state index is 6.15. The van der Waals surface area contributed by atoms with Gasteiger partial charge in [-0.3, -0.25) is 0 Å². The number of methoxy groups -OCH3 is 1. The van der Waals surface area contributed by atoms with E-state index in [2.05, 4.69) is 19.2 Å². The van der Waals surface area contributed by atoms with E-state index in [0.717, 1.165) is 36.8 Å². The minimum atomic E-state index is 0.416. The van der Waals surface area contributed by atoms with Gasteiger partial charge in [-0.05, 0) is 18.4 Å². The summed E-state index contributed by atoms with van der Waals surface area (Å²) < 4.78 is 11.4. The largest absolute Gasteiger partial charge is 0.493 e. The molecule has 1 N–H and O–H groups in total. The Balaban J connectivity index is 2.09. The lowest BCUT2D eigenvalue weighted by atomic mass is 10.1. The third-order valence-electron chi connectivity index (χ3n) is 3.49. The topological polar surface area (TPSA) is 30.5 Å². The highest BCUT2D eigenvalue weighted by molar-refractivity contribution is 6.30. The molecule has 0 aromatic heterocycles. The third kappa shape index (κ3) is 4.57. The van der Waals surface area contributed by atoms with Gasteiger partial charge in [0.1, 0.15) is 0 Å². The number of rotatable bonds is 8. The molecule has 0 unspecified atom stereocenters. The van der Waals surface area contributed by atoms with Crippen LogP contribution in [0.4, 0.5) is 0 Å². The van der Waals surface area contributed by atoms with Gasteiger partial charge in [-0.25, -0.2) is 0 Å². The molecular formula is C16H24ClNO2. The molecular weight excluding hydrogens is 274 g/mol. The van der Waals surface area contributed by atoms with Crippen molar-refractivity contribution in [3.05, 3.63) is 22.7 Å². The van der Waals surface area contributed by atoms with Crippen LogP contribution in [0.2, 0.25) is 5.02 Å². The average Bonchev–Trinajstić information content (AvgIpc) is 3.21. The van der Waals surface area contributed by atoms with E-state index in [9.17, 15) is 0 Å². The third-order valence-corrected chi connectivity index (χ3v) is 3.70. The predicted octanol–water partition coefficient (Wildman–Crippen LogP) is 4.03. The second kappa shape index (κ2) is 7.19. The Morgan fingerprint density at radius 1 is 1.35 bits per heavy atom. The molecule has 0 spiro atoms. The van der Waals surface area contributed by atoms with Crippen molar-refractivity contribution >= 4 is 11.6 Å². The second-order valence-corrected chi connectivity index (χ2v) is 6.15. The summed E-state index contributed by atoms with van der Waals surface area (Å²) in [5, 5.41) is 4.08. The van der Waals surface area contributed by atoms with Crippen molar-refractivity contribution in [3.8, 4) is 11.5 Å². The van der Waals surface area contributed by atoms with Crippen molar-refractivity contribution in [2.45, 2.75) is 45.7 Å². The standard InChI is InChI=1S/C16H24ClNO2/c1-11(2)18-10-13-8-14(17)9-15(19-3)16(13)20-7-6-12-4-5-12/h8-9,11-12,18H,4-7,10H2,1-3H3. The Kier molecular flexibility index (Phi) is 5.55. The summed E-state index contributed by atoms with van der Waals surface area (Å²) in [6.07, 6.45) is 3.83. The average molecular weight is 298 g/mol. The van der Waals surface area contributed by atoms with E-state index in [4.69, 9.17) is 21.1 Å². The van der Waals surface area contributed by atoms with Gasteiger partial charge in [-0.2, -0.15) is 0 Å². The summed E-state index contributed by atoms with van der Waals surface area (Å²) in [5.41, 5.74) is 1.05. The molecule has 2 rings (SSSR count). The van der Waals surface area contributed by atoms with Crippen LogP contribution in [0.3, 0.4) is 0 Å². The van der Waals surface area contributed by atoms with Gasteiger partial charge in [0.2, 0.25) is 0 Å². The van der Waals surface area contributed by atoms with E-state index in [1.807, 2.05) is 12.1 Å². The van der Waals surface area contributed by atoms with Gasteiger partial charge < -0.3 is 14.8 Å². The molecule has 0 radical (unpaired) electrons. The summed E-state index contributed by atoms with van der Waals surface area (Å²) >= 11 is 6.15. The van der Waals surface area contributed by atoms with Gasteiger partial charge >= 0.3 is 0 Å². The molecule has 1 aromatic rings. The van der Waals surface area contributed by atoms with Crippen LogP contribution in [-0.2, 0) is 6.54 Å². The number of benzene rings is 1. The highest BCUT2D eigenvalue weighted by Gasteiger charge is 2.21. The quantitative estimate of drug-likeness (QED) is 0.786. The molecule has 0 amide bonds. The highest BCUT2D eigenvalue weighted by Crippen LogP contribution is 2.36. The van der Waals surface area contributed by atoms with Crippen LogP contribution >= 0.6 is 11.6 Å². The molecule has 0 aliphatic heterocycles. The van der Waals surface area contributed by atoms with E-state index in [1.54, 1.807) is 7.11 Å². The lowest BCUT2D eigenvalue weighted by Gasteiger charge is -2.17. The predicted molar refractivity (Wildman–Crippen MR) is 82.8 cm³/mol. The summed E-state index contributed by atoms with van der Waals surface area (Å²) in [5.74, 6) is 2.41. The van der Waals surface area contributed by atoms with E-state index in [0.29, 0.717) is 16.8 Å². The van der Waals surface area contributed by atoms with Crippen LogP contribution in [0.5, 0.6) is 11.5 Å². The number of halogens is 1. The van der Waals surface area contributed by atoms with Crippen LogP contribution < -0.4 is 14.8 Å². The zero-order valence-corrected chi connectivity index (χ0v) is 13.3. The smallest absolute Gasteiger partial charge is 0.165 e. The summed E-state index contributed by atoms with van der Waals surface area (Å²) in [6.45, 7) is 5.72. The fourth-order valence-corrected chi connectivity index (χ4v) is 2.35. The number of hydrogen-bond donors (Lipinski definition) is 1. The maximum Gasteiger partial charge on any atom is 0.165 e. The van der Waals surface area contributed by atoms with Crippen LogP contribution in [0, 0.1) is 5.92 Å². The molecule has 0 bridgehead atoms. The van der Waals surface area contributed by atoms with E-state index >= 15 is 0 Å². The first kappa shape index (κ1) is 15.5. The number of hydrogen-bond acceptors (Lipinski definition) is 3. The lowest BCUT2D eigenvalue weighted by Crippen LogP contribution is -2.22. The summed E-state index contributed by atoms with van der Waals surface area (Å²) in [4.78, 5) is 0. The van der Waals surface area contributed by atoms with Gasteiger partial charge in [0.25, 0.3) is 0 Å². The molecule has 1 saturated carbocycles. The second-order valence-electron chi connectivity index (χ2n) is 5.71. The summed E-state index contributed by atoms with van der Waals surface area (Å²) in [6, 6.07) is 4.18. The van der Waals surface area contributed by atoms with Crippen LogP contribution in [-0.4, -0.2) is 19.8 Å². The lowest BCUT2D eigenvalue weighted by molar-refractivity contribution is 0.279. The van der Waals surface area contributed by atoms with Crippen molar-refractivity contribution in [2.24, 2.45) is 5.92 Å². The molecule has 1 aliphatic carbocycles. The maximum absolute atomic E-state index is 6.15. The molecule has 0 saturated heterocycles. The first-order valence-corrected chi connectivity index (χ1v) is 7.70. The van der Waals surface area contributed by atoms with Gasteiger partial charge in [-0.1, -0.05) is 38.3 Å². The van der Waals surface area contributed by atoms with E-state index < -0.39 is 0 Å².